The van der Waals surface area contributed by atoms with Crippen molar-refractivity contribution in [3.05, 3.63) is 59.7 Å². The molecule has 1 aromatic heterocycles. The van der Waals surface area contributed by atoms with Crippen molar-refractivity contribution >= 4 is 30.5 Å². The van der Waals surface area contributed by atoms with Crippen LogP contribution in [0.5, 0.6) is 0 Å². The Balaban J connectivity index is 1.88. The maximum Gasteiger partial charge on any atom is 0.435 e. The number of fused-ring (bicyclic) bond motifs is 1. The van der Waals surface area contributed by atoms with Crippen molar-refractivity contribution in [3.8, 4) is 0 Å². The quantitative estimate of drug-likeness (QED) is 0.400. The normalized spacial score (nSPS) is 12.1. The van der Waals surface area contributed by atoms with Crippen molar-refractivity contribution in [2.75, 3.05) is 5.09 Å². The van der Waals surface area contributed by atoms with E-state index in [1.54, 1.807) is 58.0 Å². The van der Waals surface area contributed by atoms with Gasteiger partial charge in [0, 0.05) is 11.1 Å². The zero-order valence-corrected chi connectivity index (χ0v) is 17.2. The molecule has 0 aliphatic rings. The molecule has 0 bridgehead atoms. The molecule has 28 heavy (non-hydrogen) atoms. The van der Waals surface area contributed by atoms with Crippen LogP contribution in [0, 0.1) is 0 Å². The minimum atomic E-state index is -3.60. The summed E-state index contributed by atoms with van der Waals surface area (Å²) >= 11 is 0. The first-order chi connectivity index (χ1) is 13.3. The molecule has 0 amide bonds. The number of rotatable bonds is 8. The Kier molecular flexibility index (Phi) is 5.98. The Morgan fingerprint density at radius 2 is 1.64 bits per heavy atom. The number of hydrogen-bond donors (Lipinski definition) is 2. The van der Waals surface area contributed by atoms with E-state index >= 15 is 0 Å². The zero-order chi connectivity index (χ0) is 20.3. The van der Waals surface area contributed by atoms with Crippen LogP contribution in [0.3, 0.4) is 0 Å². The Morgan fingerprint density at radius 3 is 2.25 bits per heavy atom. The van der Waals surface area contributed by atoms with Gasteiger partial charge in [-0.2, -0.15) is 0 Å². The lowest BCUT2D eigenvalue weighted by atomic mass is 10.0. The number of hydrogen-bond acceptors (Lipinski definition) is 5. The van der Waals surface area contributed by atoms with Gasteiger partial charge in [0.05, 0.1) is 23.2 Å². The van der Waals surface area contributed by atoms with Gasteiger partial charge in [-0.1, -0.05) is 30.3 Å². The smallest absolute Gasteiger partial charge is 0.324 e. The van der Waals surface area contributed by atoms with Gasteiger partial charge >= 0.3 is 7.75 Å². The molecule has 3 rings (SSSR count). The molecular weight excluding hydrogens is 377 g/mol. The van der Waals surface area contributed by atoms with Gasteiger partial charge in [0.25, 0.3) is 0 Å². The summed E-state index contributed by atoms with van der Waals surface area (Å²) in [4.78, 5) is 20.0. The first-order valence-electron chi connectivity index (χ1n) is 9.10. The highest BCUT2D eigenvalue weighted by Gasteiger charge is 2.29. The largest absolute Gasteiger partial charge is 0.435 e. The van der Waals surface area contributed by atoms with Gasteiger partial charge in [-0.25, -0.2) is 9.55 Å². The number of carbonyl (C=O) groups is 1. The van der Waals surface area contributed by atoms with Crippen LogP contribution in [0.25, 0.3) is 11.0 Å². The van der Waals surface area contributed by atoms with Gasteiger partial charge in [-0.15, -0.1) is 0 Å². The van der Waals surface area contributed by atoms with E-state index in [-0.39, 0.29) is 23.9 Å². The summed E-state index contributed by atoms with van der Waals surface area (Å²) in [7, 11) is -3.60. The van der Waals surface area contributed by atoms with E-state index in [1.807, 2.05) is 18.2 Å². The highest BCUT2D eigenvalue weighted by Crippen LogP contribution is 2.49. The van der Waals surface area contributed by atoms with E-state index in [0.717, 1.165) is 0 Å². The van der Waals surface area contributed by atoms with Crippen LogP contribution >= 0.6 is 7.75 Å². The van der Waals surface area contributed by atoms with Crippen molar-refractivity contribution in [2.45, 2.75) is 39.9 Å². The summed E-state index contributed by atoms with van der Waals surface area (Å²) in [5, 5.41) is 2.75. The highest BCUT2D eigenvalue weighted by atomic mass is 31.2. The summed E-state index contributed by atoms with van der Waals surface area (Å²) in [5.41, 5.74) is 2.42. The molecule has 0 aliphatic carbocycles. The maximum absolute atomic E-state index is 13.0. The number of anilines is 1. The Bertz CT molecular complexity index is 1000. The summed E-state index contributed by atoms with van der Waals surface area (Å²) in [6.45, 7) is 7.10. The number of carbonyl (C=O) groups excluding carboxylic acids is 1. The SMILES string of the molecule is CC(C)OP(=O)(Nc1nc2ccc(C(=O)c3ccccc3)cc2[nH]1)OC(C)C. The standard InChI is InChI=1S/C20H24N3O4P/c1-13(2)26-28(25,27-14(3)4)23-20-21-17-11-10-16(12-18(17)22-20)19(24)15-8-6-5-7-9-15/h5-14H,1-4H3,(H2,21,22,23,25). The molecule has 0 saturated carbocycles. The molecule has 2 aromatic carbocycles. The van der Waals surface area contributed by atoms with Crippen molar-refractivity contribution in [1.82, 2.24) is 9.97 Å². The second kappa shape index (κ2) is 8.27. The molecule has 8 heteroatoms. The number of imidazole rings is 1. The third-order valence-corrected chi connectivity index (χ3v) is 5.61. The second-order valence-corrected chi connectivity index (χ2v) is 8.57. The van der Waals surface area contributed by atoms with Crippen LogP contribution in [-0.4, -0.2) is 28.0 Å². The summed E-state index contributed by atoms with van der Waals surface area (Å²) in [6, 6.07) is 14.2. The van der Waals surface area contributed by atoms with Gasteiger partial charge in [-0.3, -0.25) is 18.9 Å². The van der Waals surface area contributed by atoms with E-state index in [0.29, 0.717) is 22.2 Å². The highest BCUT2D eigenvalue weighted by molar-refractivity contribution is 7.55. The number of ketones is 1. The summed E-state index contributed by atoms with van der Waals surface area (Å²) < 4.78 is 23.9. The van der Waals surface area contributed by atoms with E-state index < -0.39 is 7.75 Å². The molecular formula is C20H24N3O4P. The molecule has 0 aliphatic heterocycles. The summed E-state index contributed by atoms with van der Waals surface area (Å²) in [6.07, 6.45) is -0.590. The van der Waals surface area contributed by atoms with Gasteiger partial charge in [0.1, 0.15) is 0 Å². The fourth-order valence-electron chi connectivity index (χ4n) is 2.72. The third-order valence-electron chi connectivity index (χ3n) is 3.72. The third kappa shape index (κ3) is 4.87. The molecule has 0 unspecified atom stereocenters. The monoisotopic (exact) mass is 401 g/mol. The van der Waals surface area contributed by atoms with Gasteiger partial charge in [0.2, 0.25) is 5.95 Å². The number of nitrogens with zero attached hydrogens (tertiary/aromatic N) is 1. The topological polar surface area (TPSA) is 93.3 Å². The number of benzene rings is 2. The lowest BCUT2D eigenvalue weighted by Gasteiger charge is -2.22. The van der Waals surface area contributed by atoms with Gasteiger partial charge in [0.15, 0.2) is 5.78 Å². The van der Waals surface area contributed by atoms with Crippen LogP contribution in [0.2, 0.25) is 0 Å². The fourth-order valence-corrected chi connectivity index (χ4v) is 4.35. The molecule has 1 heterocycles. The molecule has 0 radical (unpaired) electrons. The first kappa shape index (κ1) is 20.3. The average molecular weight is 401 g/mol. The van der Waals surface area contributed by atoms with Crippen LogP contribution in [0.15, 0.2) is 48.5 Å². The number of nitrogens with one attached hydrogen (secondary N) is 2. The van der Waals surface area contributed by atoms with Crippen LogP contribution in [-0.2, 0) is 13.6 Å². The molecule has 7 nitrogen and oxygen atoms in total. The van der Waals surface area contributed by atoms with Crippen molar-refractivity contribution in [1.29, 1.82) is 0 Å². The minimum Gasteiger partial charge on any atom is -0.324 e. The Morgan fingerprint density at radius 1 is 1.00 bits per heavy atom. The Hall–Kier alpha value is -2.47. The molecule has 0 saturated heterocycles. The summed E-state index contributed by atoms with van der Waals surface area (Å²) in [5.74, 6) is 0.174. The molecule has 0 atom stereocenters. The predicted molar refractivity (Wildman–Crippen MR) is 110 cm³/mol. The second-order valence-electron chi connectivity index (χ2n) is 6.93. The molecule has 0 spiro atoms. The van der Waals surface area contributed by atoms with Crippen LogP contribution in [0.1, 0.15) is 43.6 Å². The van der Waals surface area contributed by atoms with Crippen molar-refractivity contribution in [3.63, 3.8) is 0 Å². The fraction of sp³-hybridized carbons (Fsp3) is 0.300. The molecule has 3 aromatic rings. The van der Waals surface area contributed by atoms with E-state index in [4.69, 9.17) is 9.05 Å². The lowest BCUT2D eigenvalue weighted by Crippen LogP contribution is -2.13. The first-order valence-corrected chi connectivity index (χ1v) is 10.6. The van der Waals surface area contributed by atoms with Crippen molar-refractivity contribution in [2.24, 2.45) is 0 Å². The van der Waals surface area contributed by atoms with E-state index in [1.165, 1.54) is 0 Å². The van der Waals surface area contributed by atoms with E-state index in [9.17, 15) is 9.36 Å². The van der Waals surface area contributed by atoms with Gasteiger partial charge in [-0.05, 0) is 45.9 Å². The van der Waals surface area contributed by atoms with Gasteiger partial charge < -0.3 is 4.98 Å². The predicted octanol–water partition coefficient (Wildman–Crippen LogP) is 5.16. The molecule has 0 fully saturated rings. The minimum absolute atomic E-state index is 0.0800. The van der Waals surface area contributed by atoms with Crippen LogP contribution in [0.4, 0.5) is 5.95 Å². The lowest BCUT2D eigenvalue weighted by molar-refractivity contribution is 0.103. The maximum atomic E-state index is 13.0. The molecule has 2 N–H and O–H groups in total. The van der Waals surface area contributed by atoms with E-state index in [2.05, 4.69) is 15.1 Å². The zero-order valence-electron chi connectivity index (χ0n) is 16.3. The van der Waals surface area contributed by atoms with Crippen LogP contribution < -0.4 is 5.09 Å². The number of H-pyrrole nitrogens is 1. The number of aromatic nitrogens is 2. The number of aromatic amines is 1. The average Bonchev–Trinajstić information content (AvgIpc) is 3.00. The Labute approximate surface area is 164 Å². The van der Waals surface area contributed by atoms with Crippen molar-refractivity contribution < 1.29 is 18.4 Å². The molecule has 148 valence electrons.